The molecule has 0 amide bonds. The minimum Gasteiger partial charge on any atom is -0.306 e. The van der Waals surface area contributed by atoms with Crippen LogP contribution in [0.3, 0.4) is 0 Å². The Kier molecular flexibility index (Phi) is 4.67. The molecule has 4 heteroatoms. The summed E-state index contributed by atoms with van der Waals surface area (Å²) >= 11 is 0. The van der Waals surface area contributed by atoms with Crippen LogP contribution in [0.4, 0.5) is 0 Å². The Morgan fingerprint density at radius 3 is 1.67 bits per heavy atom. The molecule has 0 N–H and O–H groups in total. The number of rotatable bonds is 4. The lowest BCUT2D eigenvalue weighted by atomic mass is 10.0. The van der Waals surface area contributed by atoms with Gasteiger partial charge in [-0.25, -0.2) is 0 Å². The van der Waals surface area contributed by atoms with E-state index in [4.69, 9.17) is 13.6 Å². The van der Waals surface area contributed by atoms with Gasteiger partial charge in [0.2, 0.25) is 0 Å². The lowest BCUT2D eigenvalue weighted by molar-refractivity contribution is 0.187. The lowest BCUT2D eigenvalue weighted by Crippen LogP contribution is -2.13. The van der Waals surface area contributed by atoms with Gasteiger partial charge in [0.15, 0.2) is 0 Å². The molecule has 1 saturated heterocycles. The van der Waals surface area contributed by atoms with Gasteiger partial charge < -0.3 is 9.05 Å². The maximum atomic E-state index is 6.14. The summed E-state index contributed by atoms with van der Waals surface area (Å²) in [7, 11) is -1.31. The first-order valence-electron chi connectivity index (χ1n) is 7.14. The molecule has 0 radical (unpaired) electrons. The zero-order valence-electron chi connectivity index (χ0n) is 12.2. The first kappa shape index (κ1) is 14.7. The van der Waals surface area contributed by atoms with E-state index in [1.807, 2.05) is 50.2 Å². The predicted molar refractivity (Wildman–Crippen MR) is 83.8 cm³/mol. The Morgan fingerprint density at radius 2 is 1.24 bits per heavy atom. The zero-order valence-corrected chi connectivity index (χ0v) is 13.1. The van der Waals surface area contributed by atoms with E-state index in [0.717, 1.165) is 11.1 Å². The highest BCUT2D eigenvalue weighted by Crippen LogP contribution is 2.53. The van der Waals surface area contributed by atoms with Crippen molar-refractivity contribution in [2.45, 2.75) is 32.2 Å². The monoisotopic (exact) mass is 302 g/mol. The highest BCUT2D eigenvalue weighted by molar-refractivity contribution is 7.42. The fourth-order valence-corrected chi connectivity index (χ4v) is 3.62. The standard InChI is InChI=1S/C17H19O3P/c1-13-14(2)19-21(18-13)20-17(15-9-5-3-6-10-15)16-11-7-4-8-12-16/h3-14,17H,1-2H3. The fourth-order valence-electron chi connectivity index (χ4n) is 2.17. The topological polar surface area (TPSA) is 27.7 Å². The normalized spacial score (nSPS) is 25.4. The molecule has 2 aromatic carbocycles. The van der Waals surface area contributed by atoms with Gasteiger partial charge in [0.25, 0.3) is 0 Å². The molecule has 1 aliphatic rings. The molecule has 3 nitrogen and oxygen atoms in total. The van der Waals surface area contributed by atoms with Gasteiger partial charge in [-0.3, -0.25) is 4.52 Å². The second kappa shape index (κ2) is 6.67. The second-order valence-corrected chi connectivity index (χ2v) is 6.23. The molecule has 0 bridgehead atoms. The third-order valence-electron chi connectivity index (χ3n) is 3.56. The van der Waals surface area contributed by atoms with Crippen LogP contribution < -0.4 is 0 Å². The third kappa shape index (κ3) is 3.50. The summed E-state index contributed by atoms with van der Waals surface area (Å²) in [5.74, 6) is 0. The number of hydrogen-bond acceptors (Lipinski definition) is 3. The Bertz CT molecular complexity index is 511. The number of benzene rings is 2. The van der Waals surface area contributed by atoms with Crippen LogP contribution in [0.1, 0.15) is 31.1 Å². The van der Waals surface area contributed by atoms with E-state index >= 15 is 0 Å². The summed E-state index contributed by atoms with van der Waals surface area (Å²) in [6.45, 7) is 4.02. The van der Waals surface area contributed by atoms with Gasteiger partial charge in [-0.1, -0.05) is 60.7 Å². The van der Waals surface area contributed by atoms with E-state index in [1.165, 1.54) is 0 Å². The summed E-state index contributed by atoms with van der Waals surface area (Å²) in [6, 6.07) is 20.3. The van der Waals surface area contributed by atoms with E-state index in [1.54, 1.807) is 0 Å². The molecule has 2 atom stereocenters. The van der Waals surface area contributed by atoms with Crippen LogP contribution in [0, 0.1) is 0 Å². The summed E-state index contributed by atoms with van der Waals surface area (Å²) in [6.07, 6.45) is -0.0253. The van der Waals surface area contributed by atoms with Gasteiger partial charge >= 0.3 is 8.60 Å². The van der Waals surface area contributed by atoms with Crippen LogP contribution in [-0.2, 0) is 13.6 Å². The van der Waals surface area contributed by atoms with Crippen molar-refractivity contribution in [2.24, 2.45) is 0 Å². The molecule has 0 saturated carbocycles. The Labute approximate surface area is 126 Å². The average Bonchev–Trinajstić information content (AvgIpc) is 2.85. The Hall–Kier alpha value is -1.25. The second-order valence-electron chi connectivity index (χ2n) is 5.15. The highest BCUT2D eigenvalue weighted by Gasteiger charge is 2.34. The Balaban J connectivity index is 1.84. The quantitative estimate of drug-likeness (QED) is 0.756. The molecular weight excluding hydrogens is 283 g/mol. The van der Waals surface area contributed by atoms with Crippen molar-refractivity contribution in [1.82, 2.24) is 0 Å². The Morgan fingerprint density at radius 1 is 0.810 bits per heavy atom. The van der Waals surface area contributed by atoms with Crippen LogP contribution >= 0.6 is 8.60 Å². The summed E-state index contributed by atoms with van der Waals surface area (Å²) in [5.41, 5.74) is 2.20. The van der Waals surface area contributed by atoms with E-state index in [0.29, 0.717) is 0 Å². The predicted octanol–water partition coefficient (Wildman–Crippen LogP) is 4.84. The fraction of sp³-hybridized carbons (Fsp3) is 0.294. The van der Waals surface area contributed by atoms with Crippen LogP contribution in [0.2, 0.25) is 0 Å². The molecule has 21 heavy (non-hydrogen) atoms. The molecule has 2 aromatic rings. The van der Waals surface area contributed by atoms with Gasteiger partial charge in [-0.15, -0.1) is 0 Å². The smallest absolute Gasteiger partial charge is 0.306 e. The minimum atomic E-state index is -1.31. The van der Waals surface area contributed by atoms with Gasteiger partial charge in [-0.2, -0.15) is 0 Å². The van der Waals surface area contributed by atoms with Crippen LogP contribution in [0.25, 0.3) is 0 Å². The summed E-state index contributed by atoms with van der Waals surface area (Å²) < 4.78 is 17.7. The van der Waals surface area contributed by atoms with Crippen LogP contribution in [-0.4, -0.2) is 12.2 Å². The van der Waals surface area contributed by atoms with Crippen molar-refractivity contribution in [3.05, 3.63) is 71.8 Å². The first-order chi connectivity index (χ1) is 10.2. The average molecular weight is 302 g/mol. The molecule has 2 unspecified atom stereocenters. The van der Waals surface area contributed by atoms with Crippen molar-refractivity contribution in [2.75, 3.05) is 0 Å². The van der Waals surface area contributed by atoms with E-state index in [9.17, 15) is 0 Å². The maximum absolute atomic E-state index is 6.14. The van der Waals surface area contributed by atoms with Crippen molar-refractivity contribution >= 4 is 8.60 Å². The molecule has 1 aliphatic heterocycles. The van der Waals surface area contributed by atoms with Crippen molar-refractivity contribution in [1.29, 1.82) is 0 Å². The van der Waals surface area contributed by atoms with Crippen molar-refractivity contribution in [3.63, 3.8) is 0 Å². The third-order valence-corrected chi connectivity index (χ3v) is 4.95. The van der Waals surface area contributed by atoms with Gasteiger partial charge in [0.1, 0.15) is 6.10 Å². The molecule has 110 valence electrons. The number of hydrogen-bond donors (Lipinski definition) is 0. The van der Waals surface area contributed by atoms with Crippen LogP contribution in [0.5, 0.6) is 0 Å². The SMILES string of the molecule is CC1OP(OC(c2ccccc2)c2ccccc2)OC1C. The maximum Gasteiger partial charge on any atom is 0.334 e. The molecule has 1 heterocycles. The lowest BCUT2D eigenvalue weighted by Gasteiger charge is -2.20. The molecular formula is C17H19O3P. The molecule has 3 rings (SSSR count). The van der Waals surface area contributed by atoms with Crippen molar-refractivity contribution in [3.8, 4) is 0 Å². The van der Waals surface area contributed by atoms with Gasteiger partial charge in [0, 0.05) is 0 Å². The van der Waals surface area contributed by atoms with E-state index in [-0.39, 0.29) is 18.3 Å². The molecule has 0 spiro atoms. The minimum absolute atomic E-state index is 0.0725. The van der Waals surface area contributed by atoms with E-state index in [2.05, 4.69) is 24.3 Å². The first-order valence-corrected chi connectivity index (χ1v) is 8.24. The molecule has 0 aliphatic carbocycles. The molecule has 0 aromatic heterocycles. The molecule has 1 fully saturated rings. The summed E-state index contributed by atoms with van der Waals surface area (Å²) in [4.78, 5) is 0. The zero-order chi connectivity index (χ0) is 14.7. The van der Waals surface area contributed by atoms with Crippen LogP contribution in [0.15, 0.2) is 60.7 Å². The summed E-state index contributed by atoms with van der Waals surface area (Å²) in [5, 5.41) is 0. The van der Waals surface area contributed by atoms with Gasteiger partial charge in [0.05, 0.1) is 12.2 Å². The van der Waals surface area contributed by atoms with E-state index < -0.39 is 8.60 Å². The van der Waals surface area contributed by atoms with Gasteiger partial charge in [-0.05, 0) is 25.0 Å². The largest absolute Gasteiger partial charge is 0.334 e. The highest BCUT2D eigenvalue weighted by atomic mass is 31.2. The van der Waals surface area contributed by atoms with Crippen molar-refractivity contribution < 1.29 is 13.6 Å².